The van der Waals surface area contributed by atoms with Crippen LogP contribution in [0.1, 0.15) is 30.9 Å². The summed E-state index contributed by atoms with van der Waals surface area (Å²) in [6.07, 6.45) is -1.35. The van der Waals surface area contributed by atoms with Crippen LogP contribution >= 0.6 is 0 Å². The smallest absolute Gasteiger partial charge is 0.320 e. The number of anilines is 3. The van der Waals surface area contributed by atoms with Crippen molar-refractivity contribution >= 4 is 45.9 Å². The molecule has 0 unspecified atom stereocenters. The first-order valence-electron chi connectivity index (χ1n) is 17.7. The van der Waals surface area contributed by atoms with E-state index in [1.165, 1.54) is 12.7 Å². The lowest BCUT2D eigenvalue weighted by molar-refractivity contribution is -0.138. The Morgan fingerprint density at radius 1 is 0.855 bits per heavy atom. The van der Waals surface area contributed by atoms with Crippen LogP contribution in [0.3, 0.4) is 0 Å². The van der Waals surface area contributed by atoms with Gasteiger partial charge in [-0.05, 0) is 24.1 Å². The van der Waals surface area contributed by atoms with Gasteiger partial charge in [0, 0.05) is 44.7 Å². The van der Waals surface area contributed by atoms with Gasteiger partial charge >= 0.3 is 5.97 Å². The summed E-state index contributed by atoms with van der Waals surface area (Å²) in [5, 5.41) is 55.0. The maximum atomic E-state index is 12.9. The first-order valence-corrected chi connectivity index (χ1v) is 17.7. The lowest BCUT2D eigenvalue weighted by Crippen LogP contribution is -2.34. The van der Waals surface area contributed by atoms with Gasteiger partial charge in [0.25, 0.3) is 11.1 Å². The number of nitrogens with zero attached hydrogens (tertiary/aromatic N) is 7. The van der Waals surface area contributed by atoms with Crippen LogP contribution in [0.4, 0.5) is 17.6 Å². The third-order valence-corrected chi connectivity index (χ3v) is 9.68. The number of nitrogens with one attached hydrogen (secondary N) is 4. The summed E-state index contributed by atoms with van der Waals surface area (Å²) in [5.41, 5.74) is 6.94. The van der Waals surface area contributed by atoms with Gasteiger partial charge < -0.3 is 56.3 Å². The maximum Gasteiger partial charge on any atom is 0.320 e. The Hall–Kier alpha value is -5.49. The molecule has 2 aliphatic rings. The number of aliphatic hydroxyl groups is 4. The molecule has 22 heteroatoms. The number of carboxylic acid groups (broad SMARTS) is 1. The highest BCUT2D eigenvalue weighted by Crippen LogP contribution is 2.31. The Kier molecular flexibility index (Phi) is 11.1. The highest BCUT2D eigenvalue weighted by atomic mass is 16.5. The summed E-state index contributed by atoms with van der Waals surface area (Å²) in [6.45, 7) is 0.633. The number of rotatable bonds is 16. The zero-order valence-corrected chi connectivity index (χ0v) is 29.4. The van der Waals surface area contributed by atoms with E-state index in [1.807, 2.05) is 17.0 Å². The van der Waals surface area contributed by atoms with Crippen molar-refractivity contribution in [3.8, 4) is 0 Å². The van der Waals surface area contributed by atoms with Crippen molar-refractivity contribution in [1.82, 2.24) is 39.0 Å². The Labute approximate surface area is 310 Å². The minimum absolute atomic E-state index is 0.0853. The molecule has 2 aliphatic heterocycles. The Morgan fingerprint density at radius 3 is 1.75 bits per heavy atom. The number of hydrogen-bond acceptors (Lipinski definition) is 17. The number of aliphatic hydroxyl groups excluding tert-OH is 4. The second-order valence-corrected chi connectivity index (χ2v) is 13.4. The predicted octanol–water partition coefficient (Wildman–Crippen LogP) is -2.18. The van der Waals surface area contributed by atoms with Crippen LogP contribution in [0.2, 0.25) is 0 Å². The minimum atomic E-state index is -1.10. The fourth-order valence-corrected chi connectivity index (χ4v) is 6.71. The van der Waals surface area contributed by atoms with Gasteiger partial charge in [-0.25, -0.2) is 9.97 Å². The predicted molar refractivity (Wildman–Crippen MR) is 194 cm³/mol. The zero-order chi connectivity index (χ0) is 38.8. The average Bonchev–Trinajstić information content (AvgIpc) is 3.96. The molecule has 11 N–H and O–H groups in total. The molecule has 0 saturated carbocycles. The Morgan fingerprint density at radius 2 is 1.33 bits per heavy atom. The molecule has 0 bridgehead atoms. The van der Waals surface area contributed by atoms with Crippen LogP contribution in [0.5, 0.6) is 0 Å². The zero-order valence-electron chi connectivity index (χ0n) is 29.4. The van der Waals surface area contributed by atoms with E-state index in [0.717, 1.165) is 11.3 Å². The molecule has 4 aromatic heterocycles. The normalized spacial score (nSPS) is 23.1. The van der Waals surface area contributed by atoms with Gasteiger partial charge in [0.05, 0.1) is 38.1 Å². The fraction of sp³-hybridized carbons (Fsp3) is 0.485. The largest absolute Gasteiger partial charge is 0.480 e. The second kappa shape index (κ2) is 16.1. The third-order valence-electron chi connectivity index (χ3n) is 9.68. The van der Waals surface area contributed by atoms with Gasteiger partial charge in [-0.2, -0.15) is 9.97 Å². The van der Waals surface area contributed by atoms with Crippen molar-refractivity contribution in [2.45, 2.75) is 62.2 Å². The summed E-state index contributed by atoms with van der Waals surface area (Å²) in [5.74, 6) is -0.763. The van der Waals surface area contributed by atoms with Crippen LogP contribution in [0.25, 0.3) is 22.3 Å². The molecule has 6 heterocycles. The van der Waals surface area contributed by atoms with E-state index in [2.05, 4.69) is 40.5 Å². The van der Waals surface area contributed by atoms with E-state index in [4.69, 9.17) is 15.2 Å². The summed E-state index contributed by atoms with van der Waals surface area (Å²) in [4.78, 5) is 61.9. The summed E-state index contributed by atoms with van der Waals surface area (Å²) < 4.78 is 14.6. The molecular formula is C33H42N12O10. The monoisotopic (exact) mass is 766 g/mol. The maximum absolute atomic E-state index is 12.9. The first-order chi connectivity index (χ1) is 26.5. The van der Waals surface area contributed by atoms with E-state index in [0.29, 0.717) is 26.2 Å². The van der Waals surface area contributed by atoms with Crippen molar-refractivity contribution in [2.24, 2.45) is 5.73 Å². The third kappa shape index (κ3) is 8.00. The molecule has 0 amide bonds. The van der Waals surface area contributed by atoms with Gasteiger partial charge in [-0.1, -0.05) is 12.1 Å². The molecule has 294 valence electrons. The molecule has 2 saturated heterocycles. The minimum Gasteiger partial charge on any atom is -0.480 e. The van der Waals surface area contributed by atoms with Crippen molar-refractivity contribution in [1.29, 1.82) is 0 Å². The van der Waals surface area contributed by atoms with Gasteiger partial charge in [0.2, 0.25) is 11.9 Å². The Balaban J connectivity index is 1.06. The number of imidazole rings is 2. The van der Waals surface area contributed by atoms with Gasteiger partial charge in [0.1, 0.15) is 30.7 Å². The van der Waals surface area contributed by atoms with Gasteiger partial charge in [0.15, 0.2) is 22.3 Å². The van der Waals surface area contributed by atoms with E-state index >= 15 is 0 Å². The van der Waals surface area contributed by atoms with Crippen LogP contribution in [0, 0.1) is 0 Å². The number of aliphatic carboxylic acids is 1. The molecule has 7 rings (SSSR count). The number of fused-ring (bicyclic) bond motifs is 2. The van der Waals surface area contributed by atoms with Crippen molar-refractivity contribution in [3.05, 3.63) is 63.2 Å². The van der Waals surface area contributed by atoms with E-state index < -0.39 is 60.0 Å². The summed E-state index contributed by atoms with van der Waals surface area (Å²) >= 11 is 0. The van der Waals surface area contributed by atoms with E-state index in [1.54, 1.807) is 21.3 Å². The van der Waals surface area contributed by atoms with Crippen LogP contribution in [-0.4, -0.2) is 140 Å². The molecule has 5 aromatic rings. The van der Waals surface area contributed by atoms with Crippen molar-refractivity contribution in [2.75, 3.05) is 54.9 Å². The van der Waals surface area contributed by atoms with Gasteiger partial charge in [-0.3, -0.25) is 33.5 Å². The topological polar surface area (TPSA) is 317 Å². The number of H-pyrrole nitrogens is 2. The molecule has 2 fully saturated rings. The van der Waals surface area contributed by atoms with Crippen LogP contribution < -0.4 is 32.4 Å². The van der Waals surface area contributed by atoms with Crippen molar-refractivity contribution < 1.29 is 39.8 Å². The lowest BCUT2D eigenvalue weighted by Gasteiger charge is -2.26. The number of aromatic nitrogens is 8. The highest BCUT2D eigenvalue weighted by molar-refractivity contribution is 5.74. The van der Waals surface area contributed by atoms with Crippen molar-refractivity contribution in [3.63, 3.8) is 0 Å². The number of carbonyl (C=O) groups is 1. The number of benzene rings is 1. The highest BCUT2D eigenvalue weighted by Gasteiger charge is 2.36. The number of ether oxygens (including phenoxy) is 2. The SMILES string of the molecule is N[C@@H](Cc1ccc(N(CCNc2nc3c(ncn3[C@H]3C[C@H](O)[C@@H](CO)O3)c(=O)[nH]2)CCNc2nc3c(ncn3[C@H]3C[C@H](O)[C@@H](CO)O3)c(=O)[nH]2)cc1)C(=O)O. The molecule has 0 radical (unpaired) electrons. The standard InChI is InChI=1S/C33H42N12O10/c34-18(31(52)53)9-16-1-3-17(4-2-16)43(7-5-35-32-39-27-25(29(50)41-32)37-14-44(27)23-10-19(48)21(12-46)54-23)8-6-36-33-40-28-26(30(51)42-33)38-15-45(28)24-11-20(49)22(13-47)55-24/h1-4,14-15,18-24,46-49H,5-13,34H2,(H,52,53)(H2,35,39,41,50)(H2,36,40,42,51)/t18-,19-,20-,21+,22+,23+,24+/m0/s1. The molecule has 0 spiro atoms. The van der Waals surface area contributed by atoms with Gasteiger partial charge in [-0.15, -0.1) is 0 Å². The molecular weight excluding hydrogens is 724 g/mol. The molecule has 0 aliphatic carbocycles. The molecule has 22 nitrogen and oxygen atoms in total. The number of hydrogen-bond donors (Lipinski definition) is 10. The number of carboxylic acids is 1. The van der Waals surface area contributed by atoms with E-state index in [9.17, 15) is 39.9 Å². The quantitative estimate of drug-likeness (QED) is 0.0510. The summed E-state index contributed by atoms with van der Waals surface area (Å²) in [6, 6.07) is 6.21. The lowest BCUT2D eigenvalue weighted by atomic mass is 10.1. The average molecular weight is 767 g/mol. The first kappa shape index (κ1) is 37.8. The second-order valence-electron chi connectivity index (χ2n) is 13.4. The number of nitrogens with two attached hydrogens (primary N) is 1. The molecule has 1 aromatic carbocycles. The molecule has 55 heavy (non-hydrogen) atoms. The number of aromatic amines is 2. The molecule has 7 atom stereocenters. The summed E-state index contributed by atoms with van der Waals surface area (Å²) in [7, 11) is 0. The van der Waals surface area contributed by atoms with Crippen LogP contribution in [-0.2, 0) is 20.7 Å². The Bertz CT molecular complexity index is 2120. The van der Waals surface area contributed by atoms with E-state index in [-0.39, 0.29) is 66.7 Å². The van der Waals surface area contributed by atoms with Crippen LogP contribution in [0.15, 0.2) is 46.5 Å². The fourth-order valence-electron chi connectivity index (χ4n) is 6.71.